The number of oxime groups is 1. The van der Waals surface area contributed by atoms with Crippen LogP contribution in [0.4, 0.5) is 5.13 Å². The Bertz CT molecular complexity index is 1820. The van der Waals surface area contributed by atoms with E-state index in [0.29, 0.717) is 30.4 Å². The molecular formula is C27H36N10O9S2. The Hall–Kier alpha value is -4.83. The minimum absolute atomic E-state index is 0.0221. The molecule has 1 aliphatic heterocycles. The van der Waals surface area contributed by atoms with Crippen LogP contribution in [0, 0.1) is 11.3 Å². The number of hydroxylamine groups is 2. The predicted molar refractivity (Wildman–Crippen MR) is 172 cm³/mol. The quantitative estimate of drug-likeness (QED) is 0.0381. The van der Waals surface area contributed by atoms with Gasteiger partial charge in [-0.05, 0) is 56.8 Å². The molecule has 260 valence electrons. The first-order chi connectivity index (χ1) is 22.7. The number of nitrogens with one attached hydrogen (secondary N) is 2. The third-order valence-electron chi connectivity index (χ3n) is 7.53. The first kappa shape index (κ1) is 36.0. The fourth-order valence-corrected chi connectivity index (χ4v) is 5.67. The molecule has 2 amide bonds. The Morgan fingerprint density at radius 1 is 1.23 bits per heavy atom. The van der Waals surface area contributed by atoms with Crippen LogP contribution in [0.15, 0.2) is 41.0 Å². The van der Waals surface area contributed by atoms with E-state index < -0.39 is 58.8 Å². The Balaban J connectivity index is 1.46. The first-order valence-electron chi connectivity index (χ1n) is 14.3. The molecule has 3 aromatic rings. The van der Waals surface area contributed by atoms with Gasteiger partial charge >= 0.3 is 5.97 Å². The number of thiol groups is 1. The molecule has 1 fully saturated rings. The van der Waals surface area contributed by atoms with Gasteiger partial charge in [0.15, 0.2) is 10.8 Å². The highest BCUT2D eigenvalue weighted by Gasteiger charge is 2.57. The predicted octanol–water partition coefficient (Wildman–Crippen LogP) is -1.64. The second-order valence-electron chi connectivity index (χ2n) is 11.2. The van der Waals surface area contributed by atoms with E-state index in [1.54, 1.807) is 40.4 Å². The summed E-state index contributed by atoms with van der Waals surface area (Å²) >= 11 is 0.975. The Morgan fingerprint density at radius 3 is 2.44 bits per heavy atom. The van der Waals surface area contributed by atoms with Crippen molar-refractivity contribution in [1.82, 2.24) is 24.5 Å². The number of carbonyl (C=O) groups excluding carboxylic acids is 2. The average molecular weight is 709 g/mol. The summed E-state index contributed by atoms with van der Waals surface area (Å²) in [5, 5.41) is 26.4. The number of ether oxygens (including phenoxy) is 1. The summed E-state index contributed by atoms with van der Waals surface area (Å²) in [6.07, 6.45) is 0.145. The molecule has 21 heteroatoms. The summed E-state index contributed by atoms with van der Waals surface area (Å²) in [5.41, 5.74) is 17.2. The minimum atomic E-state index is -3.38. The fraction of sp³-hybridized carbons (Fsp3) is 0.407. The number of aliphatic carboxylic acids is 1. The highest BCUT2D eigenvalue weighted by molar-refractivity contribution is 7.67. The number of carboxylic acid groups (broad SMARTS) is 1. The van der Waals surface area contributed by atoms with Gasteiger partial charge in [-0.15, -0.1) is 15.6 Å². The molecule has 0 radical (unpaired) electrons. The number of nitrogens with two attached hydrogens (primary N) is 3. The molecule has 0 spiro atoms. The van der Waals surface area contributed by atoms with Crippen LogP contribution in [-0.4, -0.2) is 93.6 Å². The van der Waals surface area contributed by atoms with Crippen molar-refractivity contribution in [2.24, 2.45) is 29.6 Å². The van der Waals surface area contributed by atoms with Crippen LogP contribution in [0.3, 0.4) is 0 Å². The van der Waals surface area contributed by atoms with Gasteiger partial charge in [0.2, 0.25) is 5.62 Å². The van der Waals surface area contributed by atoms with E-state index in [-0.39, 0.29) is 22.4 Å². The molecule has 1 aromatic carbocycles. The molecule has 3 heterocycles. The lowest BCUT2D eigenvalue weighted by molar-refractivity contribution is -0.214. The van der Waals surface area contributed by atoms with Crippen molar-refractivity contribution in [2.45, 2.75) is 38.1 Å². The molecule has 0 saturated carbocycles. The number of benzene rings is 1. The van der Waals surface area contributed by atoms with Gasteiger partial charge < -0.3 is 46.3 Å². The maximum Gasteiger partial charge on any atom is 0.351 e. The number of nitrogens with zero attached hydrogens (tertiary/aromatic N) is 5. The number of rotatable bonds is 16. The van der Waals surface area contributed by atoms with Crippen LogP contribution in [0.1, 0.15) is 19.5 Å². The lowest BCUT2D eigenvalue weighted by atomic mass is 9.84. The van der Waals surface area contributed by atoms with Gasteiger partial charge in [0, 0.05) is 31.1 Å². The normalized spacial score (nSPS) is 16.6. The van der Waals surface area contributed by atoms with E-state index in [1.165, 1.54) is 19.2 Å². The molecule has 4 rings (SSSR count). The number of nitrogen functional groups attached to an aromatic ring is 1. The van der Waals surface area contributed by atoms with Gasteiger partial charge in [-0.1, -0.05) is 5.16 Å². The summed E-state index contributed by atoms with van der Waals surface area (Å²) in [4.78, 5) is 46.9. The van der Waals surface area contributed by atoms with Crippen molar-refractivity contribution in [3.63, 3.8) is 0 Å². The Labute approximate surface area is 279 Å². The maximum atomic E-state index is 13.2. The zero-order chi connectivity index (χ0) is 35.3. The molecular weight excluding hydrogens is 672 g/mol. The van der Waals surface area contributed by atoms with Crippen molar-refractivity contribution >= 4 is 50.9 Å². The van der Waals surface area contributed by atoms with E-state index in [1.807, 2.05) is 6.20 Å². The largest absolute Gasteiger partial charge is 0.489 e. The molecule has 2 aromatic heterocycles. The second kappa shape index (κ2) is 14.9. The van der Waals surface area contributed by atoms with E-state index in [2.05, 4.69) is 19.7 Å². The van der Waals surface area contributed by atoms with Crippen LogP contribution in [0.25, 0.3) is 11.3 Å². The molecule has 19 nitrogen and oxygen atoms in total. The summed E-state index contributed by atoms with van der Waals surface area (Å²) in [6.45, 7) is 3.68. The van der Waals surface area contributed by atoms with Crippen LogP contribution in [0.5, 0.6) is 5.75 Å². The molecule has 0 unspecified atom stereocenters. The highest BCUT2D eigenvalue weighted by Crippen LogP contribution is 2.32. The lowest BCUT2D eigenvalue weighted by Gasteiger charge is -2.50. The van der Waals surface area contributed by atoms with Crippen molar-refractivity contribution < 1.29 is 41.8 Å². The number of anilines is 1. The monoisotopic (exact) mass is 708 g/mol. The molecule has 1 saturated heterocycles. The molecule has 48 heavy (non-hydrogen) atoms. The number of amides is 2. The lowest BCUT2D eigenvalue weighted by Crippen LogP contribution is -2.76. The number of hydrogen-bond donors (Lipinski definition) is 7. The van der Waals surface area contributed by atoms with E-state index in [0.717, 1.165) is 22.6 Å². The van der Waals surface area contributed by atoms with Crippen LogP contribution >= 0.6 is 11.3 Å². The van der Waals surface area contributed by atoms with Gasteiger partial charge in [-0.25, -0.2) is 18.2 Å². The Kier molecular flexibility index (Phi) is 11.2. The summed E-state index contributed by atoms with van der Waals surface area (Å²) in [7, 11) is -1.62. The van der Waals surface area contributed by atoms with E-state index in [4.69, 9.17) is 32.2 Å². The van der Waals surface area contributed by atoms with Crippen LogP contribution in [0.2, 0.25) is 0 Å². The highest BCUT2D eigenvalue weighted by atomic mass is 32.2. The van der Waals surface area contributed by atoms with Gasteiger partial charge in [0.25, 0.3) is 28.9 Å². The molecule has 1 aliphatic rings. The van der Waals surface area contributed by atoms with Crippen LogP contribution in [-0.2, 0) is 48.1 Å². The average Bonchev–Trinajstić information content (AvgIpc) is 3.60. The first-order valence-corrected chi connectivity index (χ1v) is 16.2. The molecule has 0 bridgehead atoms. The molecule has 0 aliphatic carbocycles. The number of β-lactam (4-membered cyclic amide) rings is 1. The third kappa shape index (κ3) is 7.82. The summed E-state index contributed by atoms with van der Waals surface area (Å²) in [6, 6.07) is 5.50. The van der Waals surface area contributed by atoms with Gasteiger partial charge in [-0.3, -0.25) is 15.0 Å². The molecule has 9 N–H and O–H groups in total. The number of thiazole rings is 1. The topological polar surface area (TPSA) is 286 Å². The zero-order valence-electron chi connectivity index (χ0n) is 26.1. The van der Waals surface area contributed by atoms with Crippen molar-refractivity contribution in [3.05, 3.63) is 47.2 Å². The number of carboxylic acids is 1. The van der Waals surface area contributed by atoms with Crippen molar-refractivity contribution in [1.29, 1.82) is 5.41 Å². The standard InChI is InChI=1S/C27H36N10O9S2/c1-27(2)21(23(39)37(27)46-48(42)43)33-22(38)20(17-13-47-25(30)32-17)34-45-19(24(40)41)12-44-16-6-4-15(5-7-16)18-11-36(26(31)35(18)3)10-14(8-28)9-29/h4-7,11,13-14,19,21,31,48H,8-10,12,28-29H2,1-3H3,(H2,30,32)(H,33,38)(H,40,41)/b31-26?,34-20-/t19-,21+/m0/s1. The van der Waals surface area contributed by atoms with Gasteiger partial charge in [0.05, 0.1) is 11.2 Å². The third-order valence-corrected chi connectivity index (χ3v) is 8.50. The van der Waals surface area contributed by atoms with Crippen molar-refractivity contribution in [3.8, 4) is 17.0 Å². The minimum Gasteiger partial charge on any atom is -0.489 e. The van der Waals surface area contributed by atoms with Crippen molar-refractivity contribution in [2.75, 3.05) is 25.4 Å². The summed E-state index contributed by atoms with van der Waals surface area (Å²) in [5.74, 6) is -2.94. The molecule has 2 atom stereocenters. The fourth-order valence-electron chi connectivity index (χ4n) is 4.70. The van der Waals surface area contributed by atoms with Gasteiger partial charge in [0.1, 0.15) is 24.1 Å². The number of hydrogen-bond acceptors (Lipinski definition) is 15. The second-order valence-corrected chi connectivity index (χ2v) is 12.7. The van der Waals surface area contributed by atoms with E-state index >= 15 is 0 Å². The van der Waals surface area contributed by atoms with Crippen LogP contribution < -0.4 is 32.9 Å². The number of carbonyl (C=O) groups is 3. The smallest absolute Gasteiger partial charge is 0.351 e. The SMILES string of the molecule is Cn1c(-c2ccc(OC[C@H](O/N=C(\C(=O)N[C@@H]3C(=O)N(O[SH](=O)=O)C3(C)C)c3csc(N)n3)C(=O)O)cc2)cn(CC(CN)CN)c1=N. The number of aromatic nitrogens is 3. The van der Waals surface area contributed by atoms with Gasteiger partial charge in [-0.2, -0.15) is 5.06 Å². The number of imidazole rings is 1. The van der Waals surface area contributed by atoms with E-state index in [9.17, 15) is 27.9 Å². The Morgan fingerprint density at radius 2 is 1.90 bits per heavy atom. The maximum absolute atomic E-state index is 13.2. The summed E-state index contributed by atoms with van der Waals surface area (Å²) < 4.78 is 35.5. The zero-order valence-corrected chi connectivity index (χ0v) is 27.8.